The molecule has 30 heavy (non-hydrogen) atoms. The Morgan fingerprint density at radius 2 is 2.20 bits per heavy atom. The number of aromatic nitrogens is 1. The molecule has 1 aromatic carbocycles. The summed E-state index contributed by atoms with van der Waals surface area (Å²) in [4.78, 5) is 31.4. The minimum absolute atomic E-state index is 0.152. The fourth-order valence-electron chi connectivity index (χ4n) is 3.27. The number of hydrogen-bond acceptors (Lipinski definition) is 6. The number of likely N-dealkylation sites (tertiary alicyclic amines) is 1. The number of hydrogen-bond donors (Lipinski definition) is 2. The molecule has 1 aromatic heterocycles. The Hall–Kier alpha value is -3.41. The minimum Gasteiger partial charge on any atom is -0.383 e. The Morgan fingerprint density at radius 3 is 2.87 bits per heavy atom. The maximum absolute atomic E-state index is 12.1. The number of likely N-dealkylation sites (N-methyl/N-ethyl adjacent to an activating group) is 1. The molecule has 156 valence electrons. The predicted octanol–water partition coefficient (Wildman–Crippen LogP) is 0.910. The molecule has 3 N–H and O–H groups in total. The average molecular weight is 408 g/mol. The van der Waals surface area contributed by atoms with Crippen LogP contribution in [0.1, 0.15) is 22.5 Å². The molecule has 1 aliphatic rings. The summed E-state index contributed by atoms with van der Waals surface area (Å²) in [6.07, 6.45) is 1.78. The zero-order chi connectivity index (χ0) is 21.7. The minimum atomic E-state index is -1.66. The lowest BCUT2D eigenvalue weighted by atomic mass is 10.0. The number of ether oxygens (including phenoxy) is 1. The monoisotopic (exact) mass is 408 g/mol. The molecule has 1 saturated heterocycles. The van der Waals surface area contributed by atoms with Gasteiger partial charge in [-0.3, -0.25) is 9.59 Å². The van der Waals surface area contributed by atoms with E-state index in [1.165, 1.54) is 11.1 Å². The number of methoxy groups -OCH3 is 1. The van der Waals surface area contributed by atoms with Crippen molar-refractivity contribution in [2.24, 2.45) is 5.73 Å². The number of carbonyl (C=O) groups is 2. The van der Waals surface area contributed by atoms with Gasteiger partial charge in [-0.15, -0.1) is 0 Å². The van der Waals surface area contributed by atoms with Crippen LogP contribution >= 0.6 is 0 Å². The molecule has 0 unspecified atom stereocenters. The van der Waals surface area contributed by atoms with Crippen LogP contribution < -0.4 is 10.6 Å². The molecule has 3 rings (SSSR count). The van der Waals surface area contributed by atoms with Gasteiger partial charge in [0.2, 0.25) is 5.60 Å². The second-order valence-corrected chi connectivity index (χ2v) is 7.02. The van der Waals surface area contributed by atoms with Crippen LogP contribution in [0.5, 0.6) is 0 Å². The van der Waals surface area contributed by atoms with E-state index < -0.39 is 17.4 Å². The van der Waals surface area contributed by atoms with Crippen molar-refractivity contribution in [3.8, 4) is 11.8 Å². The van der Waals surface area contributed by atoms with Crippen LogP contribution in [0, 0.1) is 11.8 Å². The number of benzene rings is 1. The van der Waals surface area contributed by atoms with Gasteiger partial charge in [0.05, 0.1) is 12.3 Å². The van der Waals surface area contributed by atoms with Gasteiger partial charge in [0.15, 0.2) is 5.69 Å². The van der Waals surface area contributed by atoms with Crippen molar-refractivity contribution in [3.63, 3.8) is 0 Å². The van der Waals surface area contributed by atoms with E-state index in [4.69, 9.17) is 10.5 Å². The first-order chi connectivity index (χ1) is 14.4. The van der Waals surface area contributed by atoms with Gasteiger partial charge < -0.3 is 25.4 Å². The molecule has 0 bridgehead atoms. The summed E-state index contributed by atoms with van der Waals surface area (Å²) in [5.74, 6) is 4.60. The first kappa shape index (κ1) is 21.3. The maximum atomic E-state index is 12.1. The van der Waals surface area contributed by atoms with Gasteiger partial charge in [-0.05, 0) is 30.3 Å². The summed E-state index contributed by atoms with van der Waals surface area (Å²) in [5.41, 5.74) is 5.91. The Labute approximate surface area is 175 Å². The fourth-order valence-corrected chi connectivity index (χ4v) is 3.27. The van der Waals surface area contributed by atoms with Crippen molar-refractivity contribution in [1.82, 2.24) is 9.88 Å². The Bertz CT molecular complexity index is 1010. The van der Waals surface area contributed by atoms with Crippen LogP contribution in [-0.4, -0.2) is 66.3 Å². The predicted molar refractivity (Wildman–Crippen MR) is 112 cm³/mol. The van der Waals surface area contributed by atoms with Gasteiger partial charge in [-0.25, -0.2) is 4.98 Å². The molecule has 1 fully saturated rings. The van der Waals surface area contributed by atoms with Crippen molar-refractivity contribution >= 4 is 23.2 Å². The third-order valence-electron chi connectivity index (χ3n) is 4.91. The van der Waals surface area contributed by atoms with Gasteiger partial charge in [-0.2, -0.15) is 0 Å². The van der Waals surface area contributed by atoms with Crippen molar-refractivity contribution in [3.05, 3.63) is 53.9 Å². The summed E-state index contributed by atoms with van der Waals surface area (Å²) in [6, 6.07) is 10.8. The number of rotatable bonds is 6. The topological polar surface area (TPSA) is 109 Å². The van der Waals surface area contributed by atoms with Crippen LogP contribution in [0.2, 0.25) is 0 Å². The van der Waals surface area contributed by atoms with Crippen LogP contribution in [0.15, 0.2) is 42.6 Å². The van der Waals surface area contributed by atoms with E-state index in [0.717, 1.165) is 5.69 Å². The van der Waals surface area contributed by atoms with E-state index >= 15 is 0 Å². The normalized spacial score (nSPS) is 18.1. The molecular weight excluding hydrogens is 384 g/mol. The molecule has 0 aliphatic carbocycles. The second-order valence-electron chi connectivity index (χ2n) is 7.02. The van der Waals surface area contributed by atoms with Crippen molar-refractivity contribution in [1.29, 1.82) is 0 Å². The van der Waals surface area contributed by atoms with E-state index in [-0.39, 0.29) is 12.1 Å². The van der Waals surface area contributed by atoms with Crippen LogP contribution in [0.3, 0.4) is 0 Å². The van der Waals surface area contributed by atoms with E-state index in [1.54, 1.807) is 32.4 Å². The number of nitrogens with zero attached hydrogens (tertiary/aromatic N) is 3. The Kier molecular flexibility index (Phi) is 6.35. The molecule has 0 spiro atoms. The summed E-state index contributed by atoms with van der Waals surface area (Å²) in [5, 5.41) is 10.5. The number of aliphatic hydroxyl groups is 1. The smallest absolute Gasteiger partial charge is 0.269 e. The number of anilines is 2. The maximum Gasteiger partial charge on any atom is 0.269 e. The van der Waals surface area contributed by atoms with Crippen molar-refractivity contribution < 1.29 is 19.4 Å². The van der Waals surface area contributed by atoms with Gasteiger partial charge in [-0.1, -0.05) is 17.9 Å². The van der Waals surface area contributed by atoms with Crippen molar-refractivity contribution in [2.75, 3.05) is 38.8 Å². The molecule has 1 atom stereocenters. The molecular formula is C22H24N4O4. The highest BCUT2D eigenvalue weighted by Gasteiger charge is 2.42. The molecule has 2 heterocycles. The summed E-state index contributed by atoms with van der Waals surface area (Å²) in [7, 11) is 3.23. The number of primary amides is 1. The molecule has 0 radical (unpaired) electrons. The second kappa shape index (κ2) is 8.95. The lowest BCUT2D eigenvalue weighted by Gasteiger charge is -2.26. The molecule has 2 aromatic rings. The molecule has 8 nitrogen and oxygen atoms in total. The Morgan fingerprint density at radius 1 is 1.40 bits per heavy atom. The lowest BCUT2D eigenvalue weighted by molar-refractivity contribution is -0.137. The SMILES string of the molecule is COCCN(c1cccc(C#C[C@]2(O)CCN(C)C2=O)c1)c1cccnc1C(N)=O. The van der Waals surface area contributed by atoms with Crippen LogP contribution in [-0.2, 0) is 9.53 Å². The average Bonchev–Trinajstić information content (AvgIpc) is 3.01. The quantitative estimate of drug-likeness (QED) is 0.688. The van der Waals surface area contributed by atoms with Gasteiger partial charge >= 0.3 is 0 Å². The first-order valence-corrected chi connectivity index (χ1v) is 9.48. The third kappa shape index (κ3) is 4.43. The summed E-state index contributed by atoms with van der Waals surface area (Å²) >= 11 is 0. The highest BCUT2D eigenvalue weighted by Crippen LogP contribution is 2.28. The fraction of sp³-hybridized carbons (Fsp3) is 0.318. The highest BCUT2D eigenvalue weighted by atomic mass is 16.5. The molecule has 1 aliphatic heterocycles. The molecule has 0 saturated carbocycles. The Balaban J connectivity index is 1.97. The summed E-state index contributed by atoms with van der Waals surface area (Å²) < 4.78 is 5.21. The molecule has 2 amide bonds. The van der Waals surface area contributed by atoms with Gasteiger partial charge in [0, 0.05) is 51.1 Å². The van der Waals surface area contributed by atoms with Crippen LogP contribution in [0.4, 0.5) is 11.4 Å². The number of carbonyl (C=O) groups excluding carboxylic acids is 2. The first-order valence-electron chi connectivity index (χ1n) is 9.48. The zero-order valence-corrected chi connectivity index (χ0v) is 17.0. The van der Waals surface area contributed by atoms with Gasteiger partial charge in [0.25, 0.3) is 11.8 Å². The van der Waals surface area contributed by atoms with Gasteiger partial charge in [0.1, 0.15) is 0 Å². The number of nitrogens with two attached hydrogens (primary N) is 1. The summed E-state index contributed by atoms with van der Waals surface area (Å²) in [6.45, 7) is 1.32. The standard InChI is InChI=1S/C22H24N4O4/c1-25-12-10-22(29,21(25)28)9-8-16-5-3-6-17(15-16)26(13-14-30-2)18-7-4-11-24-19(18)20(23)27/h3-7,11,15,29H,10,12-14H2,1-2H3,(H2,23,27)/t22-/m0/s1. The lowest BCUT2D eigenvalue weighted by Crippen LogP contribution is -2.37. The van der Waals surface area contributed by atoms with E-state index in [0.29, 0.717) is 30.9 Å². The highest BCUT2D eigenvalue weighted by molar-refractivity contribution is 5.97. The number of pyridine rings is 1. The number of amides is 2. The zero-order valence-electron chi connectivity index (χ0n) is 17.0. The molecule has 8 heteroatoms. The largest absolute Gasteiger partial charge is 0.383 e. The van der Waals surface area contributed by atoms with Crippen molar-refractivity contribution in [2.45, 2.75) is 12.0 Å². The third-order valence-corrected chi connectivity index (χ3v) is 4.91. The van der Waals surface area contributed by atoms with E-state index in [2.05, 4.69) is 16.8 Å². The van der Waals surface area contributed by atoms with E-state index in [1.807, 2.05) is 23.1 Å². The van der Waals surface area contributed by atoms with E-state index in [9.17, 15) is 14.7 Å². The van der Waals surface area contributed by atoms with Crippen LogP contribution in [0.25, 0.3) is 0 Å².